The van der Waals surface area contributed by atoms with Gasteiger partial charge in [-0.05, 0) is 12.2 Å². The highest BCUT2D eigenvalue weighted by molar-refractivity contribution is 7.86. The average Bonchev–Trinajstić information content (AvgIpc) is 2.03. The van der Waals surface area contributed by atoms with Crippen molar-refractivity contribution < 1.29 is 17.9 Å². The van der Waals surface area contributed by atoms with E-state index in [0.29, 0.717) is 0 Å². The predicted molar refractivity (Wildman–Crippen MR) is 43.8 cm³/mol. The van der Waals surface area contributed by atoms with Crippen molar-refractivity contribution in [1.82, 2.24) is 0 Å². The van der Waals surface area contributed by atoms with E-state index in [0.717, 1.165) is 12.3 Å². The van der Waals surface area contributed by atoms with E-state index >= 15 is 0 Å². The van der Waals surface area contributed by atoms with Crippen molar-refractivity contribution in [3.63, 3.8) is 0 Å². The summed E-state index contributed by atoms with van der Waals surface area (Å²) in [5.74, 6) is 0. The zero-order chi connectivity index (χ0) is 10.1. The number of hydrogen-bond acceptors (Lipinski definition) is 5. The number of dihydropyridines is 1. The van der Waals surface area contributed by atoms with Gasteiger partial charge in [-0.2, -0.15) is 8.42 Å². The molecule has 8 heteroatoms. The normalized spacial score (nSPS) is 27.5. The summed E-state index contributed by atoms with van der Waals surface area (Å²) in [5, 5.41) is 8.59. The number of allylic oxidation sites excluding steroid dienone is 1. The Hall–Kier alpha value is -1.28. The molecule has 0 bridgehead atoms. The first-order valence-corrected chi connectivity index (χ1v) is 4.73. The second-order valence-electron chi connectivity index (χ2n) is 2.36. The third-order valence-electron chi connectivity index (χ3n) is 1.47. The molecule has 0 spiro atoms. The molecule has 0 fully saturated rings. The van der Waals surface area contributed by atoms with Gasteiger partial charge >= 0.3 is 0 Å². The van der Waals surface area contributed by atoms with E-state index in [1.807, 2.05) is 0 Å². The number of nitrogens with zero attached hydrogens (tertiary/aromatic N) is 2. The Morgan fingerprint density at radius 2 is 2.15 bits per heavy atom. The lowest BCUT2D eigenvalue weighted by molar-refractivity contribution is -0.508. The molecule has 0 radical (unpaired) electrons. The van der Waals surface area contributed by atoms with Crippen molar-refractivity contribution in [3.8, 4) is 0 Å². The lowest BCUT2D eigenvalue weighted by atomic mass is 10.2. The fraction of sp³-hybridized carbons (Fsp3) is 0.400. The van der Waals surface area contributed by atoms with Crippen LogP contribution in [-0.2, 0) is 10.1 Å². The van der Waals surface area contributed by atoms with Gasteiger partial charge in [0.15, 0.2) is 0 Å². The van der Waals surface area contributed by atoms with Crippen LogP contribution in [0.5, 0.6) is 0 Å². The number of nitro groups is 1. The molecule has 2 atom stereocenters. The van der Waals surface area contributed by atoms with Gasteiger partial charge in [0.1, 0.15) is 0 Å². The summed E-state index contributed by atoms with van der Waals surface area (Å²) in [4.78, 5) is 12.8. The summed E-state index contributed by atoms with van der Waals surface area (Å²) in [5.41, 5.74) is 0. The largest absolute Gasteiger partial charge is 0.295 e. The van der Waals surface area contributed by atoms with Gasteiger partial charge in [0.25, 0.3) is 16.2 Å². The van der Waals surface area contributed by atoms with Gasteiger partial charge in [0, 0.05) is 11.1 Å². The predicted octanol–water partition coefficient (Wildman–Crippen LogP) is -0.514. The van der Waals surface area contributed by atoms with E-state index in [1.54, 1.807) is 0 Å². The second kappa shape index (κ2) is 3.23. The molecule has 72 valence electrons. The number of aliphatic imine (C=N–C) groups is 1. The standard InChI is InChI=1S/C5H6N2O5S/c8-7(9)4-2-1-3-6-5(4)13(10,11)12/h1-5H,(H,10,11,12). The zero-order valence-corrected chi connectivity index (χ0v) is 7.09. The molecule has 0 saturated heterocycles. The van der Waals surface area contributed by atoms with Crippen LogP contribution in [0.1, 0.15) is 0 Å². The topological polar surface area (TPSA) is 110 Å². The maximum atomic E-state index is 10.6. The minimum atomic E-state index is -4.51. The Bertz CT molecular complexity index is 370. The van der Waals surface area contributed by atoms with Crippen molar-refractivity contribution in [3.05, 3.63) is 22.3 Å². The van der Waals surface area contributed by atoms with Crippen LogP contribution in [0, 0.1) is 10.1 Å². The molecule has 0 aromatic carbocycles. The van der Waals surface area contributed by atoms with Crippen LogP contribution >= 0.6 is 0 Å². The van der Waals surface area contributed by atoms with Crippen LogP contribution in [0.15, 0.2) is 17.1 Å². The molecule has 1 N–H and O–H groups in total. The van der Waals surface area contributed by atoms with Crippen LogP contribution in [0.25, 0.3) is 0 Å². The van der Waals surface area contributed by atoms with Gasteiger partial charge in [-0.25, -0.2) is 0 Å². The Labute approximate surface area is 73.7 Å². The third kappa shape index (κ3) is 2.10. The molecule has 1 heterocycles. The first-order chi connectivity index (χ1) is 5.93. The summed E-state index contributed by atoms with van der Waals surface area (Å²) in [6.45, 7) is 0. The zero-order valence-electron chi connectivity index (χ0n) is 6.27. The third-order valence-corrected chi connectivity index (χ3v) is 2.48. The highest BCUT2D eigenvalue weighted by Gasteiger charge is 2.39. The minimum Gasteiger partial charge on any atom is -0.284 e. The van der Waals surface area contributed by atoms with Gasteiger partial charge in [-0.15, -0.1) is 0 Å². The van der Waals surface area contributed by atoms with Crippen molar-refractivity contribution in [2.75, 3.05) is 0 Å². The molecule has 0 amide bonds. The molecule has 7 nitrogen and oxygen atoms in total. The van der Waals surface area contributed by atoms with Gasteiger partial charge in [-0.1, -0.05) is 0 Å². The van der Waals surface area contributed by atoms with Crippen molar-refractivity contribution in [2.45, 2.75) is 11.4 Å². The van der Waals surface area contributed by atoms with E-state index in [-0.39, 0.29) is 0 Å². The molecule has 2 unspecified atom stereocenters. The molecule has 0 saturated carbocycles. The van der Waals surface area contributed by atoms with E-state index in [4.69, 9.17) is 4.55 Å². The Morgan fingerprint density at radius 3 is 2.54 bits per heavy atom. The van der Waals surface area contributed by atoms with Crippen LogP contribution in [0.3, 0.4) is 0 Å². The Morgan fingerprint density at radius 1 is 1.54 bits per heavy atom. The van der Waals surface area contributed by atoms with Gasteiger partial charge in [0.05, 0.1) is 0 Å². The molecular formula is C5H6N2O5S. The molecule has 1 aliphatic heterocycles. The lowest BCUT2D eigenvalue weighted by Gasteiger charge is -2.13. The molecule has 13 heavy (non-hydrogen) atoms. The van der Waals surface area contributed by atoms with Crippen LogP contribution in [0.2, 0.25) is 0 Å². The van der Waals surface area contributed by atoms with Crippen molar-refractivity contribution in [2.24, 2.45) is 4.99 Å². The van der Waals surface area contributed by atoms with Crippen LogP contribution < -0.4 is 0 Å². The molecule has 0 aromatic heterocycles. The maximum absolute atomic E-state index is 10.6. The second-order valence-corrected chi connectivity index (χ2v) is 3.88. The quantitative estimate of drug-likeness (QED) is 0.371. The van der Waals surface area contributed by atoms with Crippen molar-refractivity contribution in [1.29, 1.82) is 0 Å². The van der Waals surface area contributed by atoms with E-state index in [9.17, 15) is 18.5 Å². The fourth-order valence-electron chi connectivity index (χ4n) is 0.909. The Kier molecular flexibility index (Phi) is 2.43. The minimum absolute atomic E-state index is 0.814. The molecule has 1 aliphatic rings. The van der Waals surface area contributed by atoms with Gasteiger partial charge < -0.3 is 0 Å². The summed E-state index contributed by atoms with van der Waals surface area (Å²) < 4.78 is 29.8. The van der Waals surface area contributed by atoms with Crippen LogP contribution in [0.4, 0.5) is 0 Å². The first-order valence-electron chi connectivity index (χ1n) is 3.22. The van der Waals surface area contributed by atoms with Gasteiger partial charge in [-0.3, -0.25) is 19.7 Å². The lowest BCUT2D eigenvalue weighted by Crippen LogP contribution is -2.38. The maximum Gasteiger partial charge on any atom is 0.295 e. The van der Waals surface area contributed by atoms with Crippen LogP contribution in [-0.4, -0.2) is 35.5 Å². The smallest absolute Gasteiger partial charge is 0.284 e. The average molecular weight is 206 g/mol. The summed E-state index contributed by atoms with van der Waals surface area (Å²) in [6, 6.07) is -1.51. The monoisotopic (exact) mass is 206 g/mol. The molecule has 1 rings (SSSR count). The van der Waals surface area contributed by atoms with E-state index < -0.39 is 26.5 Å². The fourth-order valence-corrected chi connectivity index (χ4v) is 1.68. The summed E-state index contributed by atoms with van der Waals surface area (Å²) in [6.07, 6.45) is 3.42. The Balaban J connectivity index is 3.03. The molecule has 0 aromatic rings. The highest BCUT2D eigenvalue weighted by Crippen LogP contribution is 2.13. The van der Waals surface area contributed by atoms with E-state index in [1.165, 1.54) is 6.08 Å². The SMILES string of the molecule is O=[N+]([O-])C1C=CC=NC1S(=O)(=O)O. The number of rotatable bonds is 2. The summed E-state index contributed by atoms with van der Waals surface area (Å²) in [7, 11) is -4.51. The highest BCUT2D eigenvalue weighted by atomic mass is 32.2. The van der Waals surface area contributed by atoms with Crippen molar-refractivity contribution >= 4 is 16.3 Å². The summed E-state index contributed by atoms with van der Waals surface area (Å²) >= 11 is 0. The molecule has 0 aliphatic carbocycles. The van der Waals surface area contributed by atoms with Gasteiger partial charge in [0.2, 0.25) is 5.37 Å². The number of hydrogen-bond donors (Lipinski definition) is 1. The molecular weight excluding hydrogens is 200 g/mol. The first kappa shape index (κ1) is 9.81. The van der Waals surface area contributed by atoms with E-state index in [2.05, 4.69) is 4.99 Å².